The number of nitrogen functional groups attached to an aromatic ring is 1. The summed E-state index contributed by atoms with van der Waals surface area (Å²) in [5.41, 5.74) is 3.14. The minimum absolute atomic E-state index is 0.0262. The number of aromatic nitrogens is 1. The van der Waals surface area contributed by atoms with Crippen molar-refractivity contribution in [3.63, 3.8) is 0 Å². The first kappa shape index (κ1) is 15.7. The average molecular weight is 286 g/mol. The Morgan fingerprint density at radius 2 is 2.21 bits per heavy atom. The molecule has 6 nitrogen and oxygen atoms in total. The molecule has 4 N–H and O–H groups in total. The molecule has 0 radical (unpaired) electrons. The van der Waals surface area contributed by atoms with Crippen molar-refractivity contribution in [3.8, 4) is 0 Å². The Kier molecular flexibility index (Phi) is 6.01. The fraction of sp³-hybridized carbons (Fsp3) is 0.500. The monoisotopic (exact) mass is 285 g/mol. The molecule has 19 heavy (non-hydrogen) atoms. The lowest BCUT2D eigenvalue weighted by Crippen LogP contribution is -2.38. The standard InChI is InChI=1S/C12H20ClN5O/c1-8(2)15-12(19)7-18(3)6-10-9(13)4-5-11(16-10)17-14/h4-5,8H,6-7,14H2,1-3H3,(H,15,19)(H,16,17). The van der Waals surface area contributed by atoms with E-state index in [-0.39, 0.29) is 18.5 Å². The smallest absolute Gasteiger partial charge is 0.234 e. The molecule has 7 heteroatoms. The quantitative estimate of drug-likeness (QED) is 0.536. The highest BCUT2D eigenvalue weighted by molar-refractivity contribution is 6.31. The first-order valence-electron chi connectivity index (χ1n) is 6.02. The van der Waals surface area contributed by atoms with Crippen molar-refractivity contribution >= 4 is 23.3 Å². The molecule has 106 valence electrons. The molecular weight excluding hydrogens is 266 g/mol. The molecule has 0 saturated heterocycles. The fourth-order valence-electron chi connectivity index (χ4n) is 1.60. The Labute approximate surface area is 118 Å². The van der Waals surface area contributed by atoms with Crippen LogP contribution in [0, 0.1) is 0 Å². The summed E-state index contributed by atoms with van der Waals surface area (Å²) in [6.45, 7) is 4.61. The largest absolute Gasteiger partial charge is 0.353 e. The first-order valence-corrected chi connectivity index (χ1v) is 6.40. The molecule has 0 bridgehead atoms. The zero-order chi connectivity index (χ0) is 14.4. The van der Waals surface area contributed by atoms with Crippen LogP contribution in [0.4, 0.5) is 5.82 Å². The third kappa shape index (κ3) is 5.42. The highest BCUT2D eigenvalue weighted by atomic mass is 35.5. The molecule has 0 fully saturated rings. The number of rotatable bonds is 6. The number of hydrogen-bond acceptors (Lipinski definition) is 5. The lowest BCUT2D eigenvalue weighted by atomic mass is 10.3. The maximum Gasteiger partial charge on any atom is 0.234 e. The Bertz CT molecular complexity index is 438. The van der Waals surface area contributed by atoms with Gasteiger partial charge in [0.15, 0.2) is 0 Å². The van der Waals surface area contributed by atoms with Gasteiger partial charge in [0.05, 0.1) is 17.3 Å². The zero-order valence-electron chi connectivity index (χ0n) is 11.4. The molecule has 0 aliphatic rings. The molecule has 0 atom stereocenters. The minimum Gasteiger partial charge on any atom is -0.353 e. The number of hydrazine groups is 1. The average Bonchev–Trinajstić information content (AvgIpc) is 2.30. The number of pyridine rings is 1. The first-order chi connectivity index (χ1) is 8.92. The van der Waals surface area contributed by atoms with Gasteiger partial charge < -0.3 is 10.7 Å². The summed E-state index contributed by atoms with van der Waals surface area (Å²) in [6.07, 6.45) is 0. The van der Waals surface area contributed by atoms with Gasteiger partial charge in [-0.25, -0.2) is 10.8 Å². The second-order valence-electron chi connectivity index (χ2n) is 4.66. The van der Waals surface area contributed by atoms with E-state index in [2.05, 4.69) is 15.7 Å². The van der Waals surface area contributed by atoms with Crippen molar-refractivity contribution in [2.75, 3.05) is 19.0 Å². The fourth-order valence-corrected chi connectivity index (χ4v) is 1.76. The summed E-state index contributed by atoms with van der Waals surface area (Å²) >= 11 is 6.06. The molecule has 1 aromatic rings. The summed E-state index contributed by atoms with van der Waals surface area (Å²) < 4.78 is 0. The van der Waals surface area contributed by atoms with E-state index in [1.807, 2.05) is 25.8 Å². The Morgan fingerprint density at radius 1 is 1.53 bits per heavy atom. The van der Waals surface area contributed by atoms with Gasteiger partial charge >= 0.3 is 0 Å². The molecule has 1 heterocycles. The van der Waals surface area contributed by atoms with E-state index in [0.29, 0.717) is 23.1 Å². The molecule has 0 aromatic carbocycles. The second-order valence-corrected chi connectivity index (χ2v) is 5.07. The van der Waals surface area contributed by atoms with Crippen LogP contribution in [-0.4, -0.2) is 35.4 Å². The molecule has 0 unspecified atom stereocenters. The van der Waals surface area contributed by atoms with Crippen molar-refractivity contribution in [2.24, 2.45) is 5.84 Å². The number of hydrogen-bond donors (Lipinski definition) is 3. The van der Waals surface area contributed by atoms with E-state index in [0.717, 1.165) is 0 Å². The molecular formula is C12H20ClN5O. The summed E-state index contributed by atoms with van der Waals surface area (Å²) in [7, 11) is 1.83. The van der Waals surface area contributed by atoms with Gasteiger partial charge in [-0.05, 0) is 33.0 Å². The summed E-state index contributed by atoms with van der Waals surface area (Å²) in [6, 6.07) is 3.55. The molecule has 0 aliphatic carbocycles. The molecule has 1 amide bonds. The van der Waals surface area contributed by atoms with Gasteiger partial charge in [0.2, 0.25) is 5.91 Å². The SMILES string of the molecule is CC(C)NC(=O)CN(C)Cc1nc(NN)ccc1Cl. The van der Waals surface area contributed by atoms with E-state index in [9.17, 15) is 4.79 Å². The minimum atomic E-state index is -0.0262. The van der Waals surface area contributed by atoms with Crippen LogP contribution in [0.15, 0.2) is 12.1 Å². The van der Waals surface area contributed by atoms with Gasteiger partial charge in [0, 0.05) is 12.6 Å². The van der Waals surface area contributed by atoms with E-state index < -0.39 is 0 Å². The van der Waals surface area contributed by atoms with Crippen LogP contribution in [0.2, 0.25) is 5.02 Å². The van der Waals surface area contributed by atoms with Crippen molar-refractivity contribution < 1.29 is 4.79 Å². The van der Waals surface area contributed by atoms with Crippen LogP contribution in [0.3, 0.4) is 0 Å². The van der Waals surface area contributed by atoms with Crippen LogP contribution in [0.5, 0.6) is 0 Å². The summed E-state index contributed by atoms with van der Waals surface area (Å²) in [5.74, 6) is 5.82. The highest BCUT2D eigenvalue weighted by Gasteiger charge is 2.11. The Morgan fingerprint density at radius 3 is 2.79 bits per heavy atom. The van der Waals surface area contributed by atoms with E-state index in [1.54, 1.807) is 12.1 Å². The van der Waals surface area contributed by atoms with E-state index >= 15 is 0 Å². The van der Waals surface area contributed by atoms with Crippen LogP contribution < -0.4 is 16.6 Å². The molecule has 1 rings (SSSR count). The number of carbonyl (C=O) groups excluding carboxylic acids is 1. The van der Waals surface area contributed by atoms with Gasteiger partial charge in [0.25, 0.3) is 0 Å². The maximum absolute atomic E-state index is 11.6. The Hall–Kier alpha value is -1.37. The molecule has 0 spiro atoms. The number of amides is 1. The van der Waals surface area contributed by atoms with Crippen molar-refractivity contribution in [3.05, 3.63) is 22.8 Å². The number of carbonyl (C=O) groups is 1. The summed E-state index contributed by atoms with van der Waals surface area (Å²) in [5, 5.41) is 3.38. The van der Waals surface area contributed by atoms with Gasteiger partial charge in [-0.15, -0.1) is 0 Å². The van der Waals surface area contributed by atoms with Crippen LogP contribution >= 0.6 is 11.6 Å². The number of halogens is 1. The van der Waals surface area contributed by atoms with Crippen LogP contribution in [0.1, 0.15) is 19.5 Å². The van der Waals surface area contributed by atoms with Crippen LogP contribution in [-0.2, 0) is 11.3 Å². The number of nitrogens with zero attached hydrogens (tertiary/aromatic N) is 2. The van der Waals surface area contributed by atoms with Crippen LogP contribution in [0.25, 0.3) is 0 Å². The molecule has 0 aliphatic heterocycles. The van der Waals surface area contributed by atoms with Crippen molar-refractivity contribution in [1.29, 1.82) is 0 Å². The Balaban J connectivity index is 2.61. The van der Waals surface area contributed by atoms with Crippen molar-refractivity contribution in [1.82, 2.24) is 15.2 Å². The van der Waals surface area contributed by atoms with Gasteiger partial charge in [-0.2, -0.15) is 0 Å². The zero-order valence-corrected chi connectivity index (χ0v) is 12.2. The van der Waals surface area contributed by atoms with Crippen molar-refractivity contribution in [2.45, 2.75) is 26.4 Å². The third-order valence-electron chi connectivity index (χ3n) is 2.35. The molecule has 1 aromatic heterocycles. The number of likely N-dealkylation sites (N-methyl/N-ethyl adjacent to an activating group) is 1. The summed E-state index contributed by atoms with van der Waals surface area (Å²) in [4.78, 5) is 17.7. The third-order valence-corrected chi connectivity index (χ3v) is 2.69. The van der Waals surface area contributed by atoms with Gasteiger partial charge in [-0.3, -0.25) is 9.69 Å². The lowest BCUT2D eigenvalue weighted by molar-refractivity contribution is -0.122. The van der Waals surface area contributed by atoms with Gasteiger partial charge in [0.1, 0.15) is 5.82 Å². The second kappa shape index (κ2) is 7.28. The maximum atomic E-state index is 11.6. The number of nitrogens with one attached hydrogen (secondary N) is 2. The normalized spacial score (nSPS) is 10.9. The number of nitrogens with two attached hydrogens (primary N) is 1. The topological polar surface area (TPSA) is 83.3 Å². The predicted octanol–water partition coefficient (Wildman–Crippen LogP) is 0.977. The highest BCUT2D eigenvalue weighted by Crippen LogP contribution is 2.17. The van der Waals surface area contributed by atoms with Gasteiger partial charge in [-0.1, -0.05) is 11.6 Å². The van der Waals surface area contributed by atoms with E-state index in [4.69, 9.17) is 17.4 Å². The number of anilines is 1. The lowest BCUT2D eigenvalue weighted by Gasteiger charge is -2.18. The predicted molar refractivity (Wildman–Crippen MR) is 76.7 cm³/mol. The van der Waals surface area contributed by atoms with E-state index in [1.165, 1.54) is 0 Å². The molecule has 0 saturated carbocycles.